The molecule has 0 aliphatic rings. The number of nitrogens with zero attached hydrogens (tertiary/aromatic N) is 1. The topological polar surface area (TPSA) is 42.2 Å². The van der Waals surface area contributed by atoms with E-state index in [2.05, 4.69) is 95.2 Å². The molecule has 0 amide bonds. The summed E-state index contributed by atoms with van der Waals surface area (Å²) in [6, 6.07) is 21.9. The average Bonchev–Trinajstić information content (AvgIpc) is 2.82. The molecule has 2 aromatic carbocycles. The smallest absolute Gasteiger partial charge is 0.563 e. The van der Waals surface area contributed by atoms with Crippen LogP contribution in [0.25, 0.3) is 0 Å². The molecule has 2 rings (SSSR count). The molecule has 39 heavy (non-hydrogen) atoms. The molecule has 0 aliphatic carbocycles. The predicted molar refractivity (Wildman–Crippen MR) is 159 cm³/mol. The zero-order valence-corrected chi connectivity index (χ0v) is 30.1. The third kappa shape index (κ3) is 12.6. The first-order chi connectivity index (χ1) is 16.8. The Balaban J connectivity index is -0.000000275. The fourth-order valence-electron chi connectivity index (χ4n) is 5.99. The summed E-state index contributed by atoms with van der Waals surface area (Å²) in [6.07, 6.45) is 0. The summed E-state index contributed by atoms with van der Waals surface area (Å²) >= 11 is 0. The van der Waals surface area contributed by atoms with Crippen molar-refractivity contribution >= 4 is 16.6 Å². The molecule has 2 aromatic rings. The minimum atomic E-state index is -1.78. The molecule has 0 unspecified atom stereocenters. The Bertz CT molecular complexity index is 752. The van der Waals surface area contributed by atoms with E-state index < -0.39 is 16.6 Å². The van der Waals surface area contributed by atoms with Crippen LogP contribution in [0, 0.1) is 24.0 Å². The summed E-state index contributed by atoms with van der Waals surface area (Å²) in [5.41, 5.74) is 3.70. The largest absolute Gasteiger partial charge is 1.00 e. The van der Waals surface area contributed by atoms with Gasteiger partial charge in [-0.25, -0.2) is 0 Å². The zero-order valence-electron chi connectivity index (χ0n) is 27.1. The zero-order chi connectivity index (χ0) is 28.1. The number of rotatable bonds is 10. The normalized spacial score (nSPS) is 11.0. The molecule has 3 nitrogen and oxygen atoms in total. The van der Waals surface area contributed by atoms with Gasteiger partial charge in [0.2, 0.25) is 0 Å². The van der Waals surface area contributed by atoms with E-state index in [9.17, 15) is 0 Å². The van der Waals surface area contributed by atoms with Gasteiger partial charge in [-0.3, -0.25) is 0 Å². The maximum atomic E-state index is 6.51. The summed E-state index contributed by atoms with van der Waals surface area (Å²) < 4.78 is 13.0. The van der Waals surface area contributed by atoms with Gasteiger partial charge in [0.25, 0.3) is 16.6 Å². The first-order valence-corrected chi connectivity index (χ1v) is 17.6. The quantitative estimate of drug-likeness (QED) is 0.303. The third-order valence-electron chi connectivity index (χ3n) is 7.38. The van der Waals surface area contributed by atoms with E-state index >= 15 is 0 Å². The molecular weight excluding hydrogens is 552 g/mol. The van der Waals surface area contributed by atoms with Crippen LogP contribution in [-0.4, -0.2) is 16.6 Å². The van der Waals surface area contributed by atoms with Gasteiger partial charge in [0, 0.05) is 0 Å². The molecule has 0 aliphatic heterocycles. The Morgan fingerprint density at radius 3 is 0.846 bits per heavy atom. The molecule has 0 radical (unpaired) electrons. The van der Waals surface area contributed by atoms with E-state index in [1.165, 1.54) is 0 Å². The Morgan fingerprint density at radius 1 is 0.513 bits per heavy atom. The number of benzene rings is 2. The molecule has 0 atom stereocenters. The van der Waals surface area contributed by atoms with E-state index in [0.29, 0.717) is 33.2 Å². The molecule has 0 bridgehead atoms. The van der Waals surface area contributed by atoms with E-state index in [-0.39, 0.29) is 54.8 Å². The molecule has 0 N–H and O–H groups in total. The minimum Gasteiger partial charge on any atom is -0.563 e. The molecule has 8 heteroatoms. The maximum Gasteiger partial charge on any atom is 1.00 e. The first-order valence-electron chi connectivity index (χ1n) is 13.3. The van der Waals surface area contributed by atoms with Gasteiger partial charge in [0.1, 0.15) is 0 Å². The molecular formula is C31H50CuLi2NO2Si2. The Hall–Kier alpha value is -0.322. The molecule has 0 aromatic heterocycles. The van der Waals surface area contributed by atoms with Crippen LogP contribution >= 0.6 is 0 Å². The predicted octanol–water partition coefficient (Wildman–Crippen LogP) is 4.18. The van der Waals surface area contributed by atoms with E-state index in [1.807, 2.05) is 48.5 Å². The molecule has 0 saturated carbocycles. The molecule has 0 spiro atoms. The van der Waals surface area contributed by atoms with Crippen LogP contribution in [0.3, 0.4) is 0 Å². The fourth-order valence-corrected chi connectivity index (χ4v) is 16.5. The van der Waals surface area contributed by atoms with Crippen molar-refractivity contribution in [1.29, 1.82) is 5.26 Å². The van der Waals surface area contributed by atoms with Crippen LogP contribution in [0.15, 0.2) is 48.5 Å². The second kappa shape index (κ2) is 22.3. The van der Waals surface area contributed by atoms with Crippen molar-refractivity contribution in [2.24, 2.45) is 0 Å². The van der Waals surface area contributed by atoms with Gasteiger partial charge in [0.05, 0.1) is 0 Å². The van der Waals surface area contributed by atoms with Crippen molar-refractivity contribution in [2.45, 2.75) is 116 Å². The van der Waals surface area contributed by atoms with E-state index in [1.54, 1.807) is 0 Å². The van der Waals surface area contributed by atoms with Crippen LogP contribution in [0.1, 0.15) is 83.1 Å². The van der Waals surface area contributed by atoms with Crippen molar-refractivity contribution in [2.75, 3.05) is 0 Å². The summed E-state index contributed by atoms with van der Waals surface area (Å²) in [6.45, 7) is 32.4. The third-order valence-corrected chi connectivity index (χ3v) is 19.4. The second-order valence-corrected chi connectivity index (χ2v) is 22.1. The Labute approximate surface area is 278 Å². The molecule has 0 saturated heterocycles. The van der Waals surface area contributed by atoms with Crippen LogP contribution in [-0.2, 0) is 17.1 Å². The number of hydrogen-bond donors (Lipinski definition) is 0. The van der Waals surface area contributed by atoms with Crippen molar-refractivity contribution in [1.82, 2.24) is 0 Å². The fraction of sp³-hybridized carbons (Fsp3) is 0.581. The summed E-state index contributed by atoms with van der Waals surface area (Å²) in [5, 5.41) is 6.25. The van der Waals surface area contributed by atoms with Crippen LogP contribution < -0.4 is 46.6 Å². The van der Waals surface area contributed by atoms with Crippen molar-refractivity contribution in [3.63, 3.8) is 0 Å². The Morgan fingerprint density at radius 2 is 0.692 bits per heavy atom. The molecule has 212 valence electrons. The van der Waals surface area contributed by atoms with Crippen molar-refractivity contribution < 1.29 is 63.6 Å². The van der Waals surface area contributed by atoms with Gasteiger partial charge >= 0.3 is 54.8 Å². The Kier molecular flexibility index (Phi) is 26.1. The standard InChI is InChI=1S/2C15H25OSi.CN.Cu.2Li/c2*1-12(2)17(13(3)4,14(5)6)16-15-10-8-7-9-11-15;1-2;;;/h2*8-14H,1-6H3;;;;/q3*-1;3*+1. The van der Waals surface area contributed by atoms with E-state index in [0.717, 1.165) is 11.5 Å². The maximum absolute atomic E-state index is 6.51. The monoisotopic (exact) mass is 601 g/mol. The average molecular weight is 602 g/mol. The van der Waals surface area contributed by atoms with Crippen LogP contribution in [0.2, 0.25) is 33.2 Å². The van der Waals surface area contributed by atoms with Crippen molar-refractivity contribution in [3.05, 3.63) is 67.2 Å². The minimum absolute atomic E-state index is 0. The van der Waals surface area contributed by atoms with Gasteiger partial charge in [-0.05, 0) is 44.7 Å². The second-order valence-electron chi connectivity index (χ2n) is 11.3. The van der Waals surface area contributed by atoms with Crippen LogP contribution in [0.5, 0.6) is 11.5 Å². The van der Waals surface area contributed by atoms with Gasteiger partial charge in [-0.15, -0.1) is 24.3 Å². The van der Waals surface area contributed by atoms with Gasteiger partial charge in [-0.1, -0.05) is 83.1 Å². The van der Waals surface area contributed by atoms with E-state index in [4.69, 9.17) is 20.7 Å². The summed E-state index contributed by atoms with van der Waals surface area (Å²) in [5.74, 6) is 2.01. The summed E-state index contributed by atoms with van der Waals surface area (Å²) in [4.78, 5) is 0. The summed E-state index contributed by atoms with van der Waals surface area (Å²) in [7, 11) is -3.56. The van der Waals surface area contributed by atoms with Gasteiger partial charge < -0.3 is 20.7 Å². The van der Waals surface area contributed by atoms with Gasteiger partial charge in [-0.2, -0.15) is 36.4 Å². The van der Waals surface area contributed by atoms with Crippen molar-refractivity contribution in [3.8, 4) is 11.5 Å². The molecule has 0 fully saturated rings. The van der Waals surface area contributed by atoms with Gasteiger partial charge in [0.15, 0.2) is 0 Å². The first kappa shape index (κ1) is 45.7. The molecule has 0 heterocycles. The van der Waals surface area contributed by atoms with Crippen LogP contribution in [0.4, 0.5) is 0 Å². The SMILES string of the molecule is CC(C)[Si](Oc1cc[c-]cc1)(C(C)C)C(C)C.CC(C)[Si](Oc1cc[c-]cc1)(C(C)C)C(C)C.[C-]#N.[Cu+].[Li+].[Li+]. The number of hydrogen-bond acceptors (Lipinski definition) is 3.